The van der Waals surface area contributed by atoms with E-state index in [-0.39, 0.29) is 20.2 Å². The second-order valence-electron chi connectivity index (χ2n) is 11.6. The molecule has 0 bridgehead atoms. The molecule has 360 valence electrons. The maximum absolute atomic E-state index is 13.3. The zero-order chi connectivity index (χ0) is 50.3. The number of ether oxygens (including phenoxy) is 2. The lowest BCUT2D eigenvalue weighted by Gasteiger charge is -2.23. The van der Waals surface area contributed by atoms with Gasteiger partial charge < -0.3 is 14.4 Å². The highest BCUT2D eigenvalue weighted by molar-refractivity contribution is 7.93. The lowest BCUT2D eigenvalue weighted by molar-refractivity contribution is -0.276. The molecular formula is C40H39Cl5F8N2O8S2. The summed E-state index contributed by atoms with van der Waals surface area (Å²) < 4.78 is 159. The normalized spacial score (nSPS) is 11.1. The fourth-order valence-corrected chi connectivity index (χ4v) is 8.25. The molecule has 0 heterocycles. The van der Waals surface area contributed by atoms with Gasteiger partial charge in [0.25, 0.3) is 15.9 Å². The summed E-state index contributed by atoms with van der Waals surface area (Å²) >= 11 is 25.8. The van der Waals surface area contributed by atoms with Crippen LogP contribution in [0, 0.1) is 11.6 Å². The first-order chi connectivity index (χ1) is 30.1. The number of amides is 1. The zero-order valence-corrected chi connectivity index (χ0v) is 39.5. The average Bonchev–Trinajstić information content (AvgIpc) is 3.20. The van der Waals surface area contributed by atoms with Crippen LogP contribution in [0.1, 0.15) is 26.3 Å². The second-order valence-corrected chi connectivity index (χ2v) is 17.3. The van der Waals surface area contributed by atoms with Crippen LogP contribution in [0.4, 0.5) is 40.8 Å². The first kappa shape index (κ1) is 60.9. The van der Waals surface area contributed by atoms with Gasteiger partial charge in [0.15, 0.2) is 9.84 Å². The van der Waals surface area contributed by atoms with Crippen molar-refractivity contribution in [1.82, 2.24) is 4.90 Å². The number of allylic oxidation sites excluding steroid dienone is 1. The van der Waals surface area contributed by atoms with Crippen LogP contribution in [0.15, 0.2) is 120 Å². The first-order valence-corrected chi connectivity index (χ1v) is 23.1. The van der Waals surface area contributed by atoms with Crippen molar-refractivity contribution in [2.45, 2.75) is 49.0 Å². The van der Waals surface area contributed by atoms with Gasteiger partial charge in [-0.3, -0.25) is 9.59 Å². The number of hydrogen-bond donors (Lipinski definition) is 0. The minimum Gasteiger partial charge on any atom is -0.404 e. The summed E-state index contributed by atoms with van der Waals surface area (Å²) in [6.07, 6.45) is -8.54. The van der Waals surface area contributed by atoms with Crippen molar-refractivity contribution in [3.8, 4) is 11.5 Å². The number of benzene rings is 4. The quantitative estimate of drug-likeness (QED) is 0.0556. The van der Waals surface area contributed by atoms with E-state index in [0.717, 1.165) is 78.9 Å². The molecule has 0 saturated heterocycles. The number of sulfonamides is 1. The molecule has 0 N–H and O–H groups in total. The molecule has 0 radical (unpaired) electrons. The molecule has 1 amide bonds. The number of hydrogen-bond acceptors (Lipinski definition) is 9. The van der Waals surface area contributed by atoms with E-state index in [1.807, 2.05) is 0 Å². The van der Waals surface area contributed by atoms with Crippen LogP contribution < -0.4 is 13.8 Å². The minimum absolute atomic E-state index is 0.0647. The molecule has 0 aliphatic carbocycles. The number of carbonyl (C=O) groups excluding carboxylic acids is 2. The molecule has 0 aliphatic rings. The summed E-state index contributed by atoms with van der Waals surface area (Å²) in [6, 6.07) is 13.8. The van der Waals surface area contributed by atoms with Crippen LogP contribution in [0.5, 0.6) is 11.5 Å². The number of anilines is 1. The van der Waals surface area contributed by atoms with Gasteiger partial charge in [-0.05, 0) is 104 Å². The Morgan fingerprint density at radius 1 is 0.677 bits per heavy atom. The summed E-state index contributed by atoms with van der Waals surface area (Å²) in [5, 5.41) is -0.907. The van der Waals surface area contributed by atoms with Crippen LogP contribution >= 0.6 is 58.0 Å². The Morgan fingerprint density at radius 3 is 1.45 bits per heavy atom. The van der Waals surface area contributed by atoms with E-state index in [1.165, 1.54) is 31.8 Å². The van der Waals surface area contributed by atoms with E-state index in [9.17, 15) is 61.5 Å². The maximum Gasteiger partial charge on any atom is 0.573 e. The third-order valence-corrected chi connectivity index (χ3v) is 11.6. The molecule has 0 spiro atoms. The molecule has 25 heteroatoms. The van der Waals surface area contributed by atoms with Gasteiger partial charge >= 0.3 is 12.7 Å². The number of nitrogens with zero attached hydrogens (tertiary/aromatic N) is 2. The molecule has 4 aromatic rings. The number of para-hydroxylation sites is 2. The Hall–Kier alpha value is -4.15. The third kappa shape index (κ3) is 22.3. The third-order valence-electron chi connectivity index (χ3n) is 7.37. The summed E-state index contributed by atoms with van der Waals surface area (Å²) in [6.45, 7) is 16.4. The maximum atomic E-state index is 13.3. The van der Waals surface area contributed by atoms with Crippen molar-refractivity contribution < 1.29 is 71.0 Å². The van der Waals surface area contributed by atoms with Crippen molar-refractivity contribution >= 4 is 94.7 Å². The first-order valence-electron chi connectivity index (χ1n) is 17.8. The SMILES string of the molecule is C=CC(=O)Cl.C=CC(=O)N(c1ccc(F)cc1Cl)S(=O)(=O)c1ccccc1OC(F)(F)F.CCN(CC)CC.ClCCl.O=S(=O)(Cc1ccc(F)cc1Cl)c1ccccc1OC(F)(F)F. The molecule has 0 aliphatic heterocycles. The molecule has 0 saturated carbocycles. The number of rotatable bonds is 13. The van der Waals surface area contributed by atoms with Gasteiger partial charge in [-0.2, -0.15) is 4.31 Å². The summed E-state index contributed by atoms with van der Waals surface area (Å²) in [5.74, 6) is -5.26. The van der Waals surface area contributed by atoms with Crippen LogP contribution in [0.3, 0.4) is 0 Å². The number of sulfone groups is 1. The molecule has 10 nitrogen and oxygen atoms in total. The molecule has 4 aromatic carbocycles. The van der Waals surface area contributed by atoms with Crippen LogP contribution in [-0.2, 0) is 35.2 Å². The van der Waals surface area contributed by atoms with Gasteiger partial charge in [-0.15, -0.1) is 49.5 Å². The molecule has 0 unspecified atom stereocenters. The van der Waals surface area contributed by atoms with Crippen LogP contribution in [0.25, 0.3) is 0 Å². The van der Waals surface area contributed by atoms with E-state index in [1.54, 1.807) is 0 Å². The summed E-state index contributed by atoms with van der Waals surface area (Å²) in [7, 11) is -9.11. The Balaban J connectivity index is 0.000000967. The van der Waals surface area contributed by atoms with Crippen molar-refractivity contribution in [2.75, 3.05) is 29.3 Å². The Morgan fingerprint density at radius 2 is 1.08 bits per heavy atom. The van der Waals surface area contributed by atoms with E-state index >= 15 is 0 Å². The van der Waals surface area contributed by atoms with Crippen LogP contribution in [0.2, 0.25) is 10.0 Å². The summed E-state index contributed by atoms with van der Waals surface area (Å²) in [5.41, 5.74) is -0.403. The molecule has 4 rings (SSSR count). The fourth-order valence-electron chi connectivity index (χ4n) is 4.57. The highest BCUT2D eigenvalue weighted by Gasteiger charge is 2.38. The van der Waals surface area contributed by atoms with Crippen LogP contribution in [-0.4, -0.2) is 70.6 Å². The van der Waals surface area contributed by atoms with Gasteiger partial charge in [-0.1, -0.05) is 87.5 Å². The van der Waals surface area contributed by atoms with Gasteiger partial charge in [0, 0.05) is 5.02 Å². The van der Waals surface area contributed by atoms with E-state index < -0.39 is 93.1 Å². The standard InChI is InChI=1S/C16H10ClF4NO4S.C14H9ClF4O3S.C6H15N.C3H3ClO.CH2Cl2/c1-2-15(23)22(12-8-7-10(18)9-11(12)17)27(24,25)14-6-4-3-5-13(14)26-16(19,20)21;15-11-7-10(16)6-5-9(11)8-23(20,21)13-4-2-1-3-12(13)22-14(17,18)19;1-4-7(5-2)6-3;1-2-3(4)5;2-1-3/h2-9H,1H2;1-7H,8H2;4-6H2,1-3H3;2H,1H2;1H2. The van der Waals surface area contributed by atoms with Crippen molar-refractivity contribution in [3.63, 3.8) is 0 Å². The van der Waals surface area contributed by atoms with E-state index in [4.69, 9.17) is 58.0 Å². The summed E-state index contributed by atoms with van der Waals surface area (Å²) in [4.78, 5) is 22.4. The highest BCUT2D eigenvalue weighted by Crippen LogP contribution is 2.37. The Labute approximate surface area is 395 Å². The van der Waals surface area contributed by atoms with Gasteiger partial charge in [0.05, 0.1) is 21.8 Å². The lowest BCUT2D eigenvalue weighted by Crippen LogP contribution is -2.36. The number of carbonyl (C=O) groups is 2. The van der Waals surface area contributed by atoms with E-state index in [0.29, 0.717) is 6.08 Å². The smallest absolute Gasteiger partial charge is 0.404 e. The lowest BCUT2D eigenvalue weighted by atomic mass is 10.2. The monoisotopic (exact) mass is 1070 g/mol. The number of alkyl halides is 8. The largest absolute Gasteiger partial charge is 0.573 e. The molecule has 0 aromatic heterocycles. The molecule has 0 fully saturated rings. The van der Waals surface area contributed by atoms with Crippen molar-refractivity contribution in [2.24, 2.45) is 0 Å². The number of halogens is 13. The average molecular weight is 1070 g/mol. The predicted molar refractivity (Wildman–Crippen MR) is 236 cm³/mol. The van der Waals surface area contributed by atoms with Gasteiger partial charge in [-0.25, -0.2) is 25.6 Å². The molecule has 0 atom stereocenters. The molecule has 65 heavy (non-hydrogen) atoms. The van der Waals surface area contributed by atoms with Crippen molar-refractivity contribution in [1.29, 1.82) is 0 Å². The fraction of sp³-hybridized carbons (Fsp3) is 0.250. The van der Waals surface area contributed by atoms with Crippen molar-refractivity contribution in [3.05, 3.63) is 137 Å². The highest BCUT2D eigenvalue weighted by atomic mass is 35.5. The Kier molecular flexibility index (Phi) is 27.0. The zero-order valence-electron chi connectivity index (χ0n) is 34.1. The Bertz CT molecular complexity index is 2400. The topological polar surface area (TPSA) is 127 Å². The van der Waals surface area contributed by atoms with E-state index in [2.05, 4.69) is 48.3 Å². The van der Waals surface area contributed by atoms with Gasteiger partial charge in [0.2, 0.25) is 5.24 Å². The molecular weight excluding hydrogens is 1030 g/mol. The predicted octanol–water partition coefficient (Wildman–Crippen LogP) is 12.3. The van der Waals surface area contributed by atoms with Gasteiger partial charge in [0.1, 0.15) is 32.9 Å². The minimum atomic E-state index is -5.17. The second kappa shape index (κ2) is 28.8.